The molecule has 2 atom stereocenters. The number of nitrogen functional groups attached to an aromatic ring is 1. The number of nitrogens with one attached hydrogen (secondary N) is 2. The molecule has 28 heavy (non-hydrogen) atoms. The molecule has 1 heterocycles. The van der Waals surface area contributed by atoms with E-state index in [2.05, 4.69) is 15.6 Å². The van der Waals surface area contributed by atoms with Crippen LogP contribution in [0.25, 0.3) is 0 Å². The van der Waals surface area contributed by atoms with Gasteiger partial charge in [0.15, 0.2) is 11.7 Å². The SMILES string of the molecule is NC(N)=NCCC[C@H](NC(=O)[C@@H]1CCCCN1)C(=O)CSc1ccccc1N. The fraction of sp³-hybridized carbons (Fsp3) is 0.526. The maximum atomic E-state index is 12.8. The van der Waals surface area contributed by atoms with Gasteiger partial charge in [0.1, 0.15) is 0 Å². The third-order valence-electron chi connectivity index (χ3n) is 4.57. The Balaban J connectivity index is 1.94. The summed E-state index contributed by atoms with van der Waals surface area (Å²) in [7, 11) is 0. The second kappa shape index (κ2) is 11.6. The van der Waals surface area contributed by atoms with E-state index in [4.69, 9.17) is 17.2 Å². The van der Waals surface area contributed by atoms with Crippen LogP contribution in [0, 0.1) is 0 Å². The summed E-state index contributed by atoms with van der Waals surface area (Å²) in [6, 6.07) is 6.61. The van der Waals surface area contributed by atoms with E-state index in [9.17, 15) is 9.59 Å². The summed E-state index contributed by atoms with van der Waals surface area (Å²) in [6.45, 7) is 1.24. The summed E-state index contributed by atoms with van der Waals surface area (Å²) in [6.07, 6.45) is 3.96. The summed E-state index contributed by atoms with van der Waals surface area (Å²) in [5.74, 6) is 0.0965. The minimum atomic E-state index is -0.567. The molecule has 1 aliphatic heterocycles. The highest BCUT2D eigenvalue weighted by Gasteiger charge is 2.26. The molecule has 1 aromatic rings. The lowest BCUT2D eigenvalue weighted by atomic mass is 10.0. The summed E-state index contributed by atoms with van der Waals surface area (Å²) in [5, 5.41) is 6.13. The number of Topliss-reactive ketones (excluding diaryl/α,β-unsaturated/α-hetero) is 1. The van der Waals surface area contributed by atoms with E-state index < -0.39 is 6.04 Å². The average Bonchev–Trinajstić information content (AvgIpc) is 2.69. The van der Waals surface area contributed by atoms with Gasteiger partial charge in [0.25, 0.3) is 0 Å². The van der Waals surface area contributed by atoms with Gasteiger partial charge in [0.05, 0.1) is 17.8 Å². The van der Waals surface area contributed by atoms with Crippen LogP contribution in [0.3, 0.4) is 0 Å². The summed E-state index contributed by atoms with van der Waals surface area (Å²) in [5.41, 5.74) is 17.3. The van der Waals surface area contributed by atoms with Gasteiger partial charge >= 0.3 is 0 Å². The quantitative estimate of drug-likeness (QED) is 0.126. The Morgan fingerprint density at radius 3 is 2.75 bits per heavy atom. The largest absolute Gasteiger partial charge is 0.398 e. The molecule has 1 fully saturated rings. The van der Waals surface area contributed by atoms with E-state index in [1.54, 1.807) is 6.07 Å². The molecule has 0 spiro atoms. The predicted octanol–water partition coefficient (Wildman–Crippen LogP) is 0.611. The number of ketones is 1. The van der Waals surface area contributed by atoms with Crippen LogP contribution in [0.4, 0.5) is 5.69 Å². The van der Waals surface area contributed by atoms with Crippen molar-refractivity contribution < 1.29 is 9.59 Å². The smallest absolute Gasteiger partial charge is 0.237 e. The Kier molecular flexibility index (Phi) is 9.09. The number of hydrogen-bond donors (Lipinski definition) is 5. The lowest BCUT2D eigenvalue weighted by Crippen LogP contribution is -2.51. The molecule has 1 amide bonds. The maximum Gasteiger partial charge on any atom is 0.237 e. The van der Waals surface area contributed by atoms with Crippen molar-refractivity contribution in [3.8, 4) is 0 Å². The molecule has 8 nitrogen and oxygen atoms in total. The number of para-hydroxylation sites is 1. The van der Waals surface area contributed by atoms with Gasteiger partial charge in [-0.2, -0.15) is 0 Å². The summed E-state index contributed by atoms with van der Waals surface area (Å²) < 4.78 is 0. The van der Waals surface area contributed by atoms with E-state index in [1.807, 2.05) is 18.2 Å². The molecular weight excluding hydrogens is 376 g/mol. The van der Waals surface area contributed by atoms with Gasteiger partial charge in [0.2, 0.25) is 5.91 Å². The van der Waals surface area contributed by atoms with Crippen LogP contribution in [0.1, 0.15) is 32.1 Å². The molecule has 8 N–H and O–H groups in total. The van der Waals surface area contributed by atoms with Crippen LogP contribution in [0.15, 0.2) is 34.2 Å². The topological polar surface area (TPSA) is 149 Å². The minimum absolute atomic E-state index is 0.0217. The monoisotopic (exact) mass is 406 g/mol. The van der Waals surface area contributed by atoms with Crippen molar-refractivity contribution in [2.24, 2.45) is 16.5 Å². The van der Waals surface area contributed by atoms with Gasteiger partial charge in [-0.25, -0.2) is 0 Å². The van der Waals surface area contributed by atoms with Crippen molar-refractivity contribution in [2.75, 3.05) is 24.6 Å². The second-order valence-corrected chi connectivity index (χ2v) is 7.82. The Hall–Kier alpha value is -2.26. The molecule has 1 aliphatic rings. The molecule has 0 aliphatic carbocycles. The Labute approximate surface area is 170 Å². The number of aliphatic imine (C=N–C) groups is 1. The molecule has 9 heteroatoms. The standard InChI is InChI=1S/C19H30N6O2S/c20-13-6-1-2-9-17(13)28-12-16(26)14(8-5-11-24-19(21)22)25-18(27)15-7-3-4-10-23-15/h1-2,6,9,14-15,23H,3-5,7-8,10-12,20H2,(H,25,27)(H4,21,22,24)/t14-,15-/m0/s1. The minimum Gasteiger partial charge on any atom is -0.398 e. The zero-order valence-corrected chi connectivity index (χ0v) is 16.8. The van der Waals surface area contributed by atoms with E-state index in [-0.39, 0.29) is 29.4 Å². The molecule has 0 aromatic heterocycles. The van der Waals surface area contributed by atoms with Crippen LogP contribution >= 0.6 is 11.8 Å². The van der Waals surface area contributed by atoms with E-state index in [1.165, 1.54) is 11.8 Å². The van der Waals surface area contributed by atoms with Crippen molar-refractivity contribution in [3.05, 3.63) is 24.3 Å². The number of carbonyl (C=O) groups is 2. The summed E-state index contributed by atoms with van der Waals surface area (Å²) >= 11 is 1.38. The van der Waals surface area contributed by atoms with Crippen LogP contribution < -0.4 is 27.8 Å². The zero-order chi connectivity index (χ0) is 20.4. The second-order valence-electron chi connectivity index (χ2n) is 6.81. The first-order valence-corrected chi connectivity index (χ1v) is 10.5. The van der Waals surface area contributed by atoms with Crippen LogP contribution in [0.5, 0.6) is 0 Å². The third kappa shape index (κ3) is 7.40. The van der Waals surface area contributed by atoms with Crippen molar-refractivity contribution in [2.45, 2.75) is 49.1 Å². The van der Waals surface area contributed by atoms with Crippen molar-refractivity contribution in [1.82, 2.24) is 10.6 Å². The van der Waals surface area contributed by atoms with E-state index in [0.717, 1.165) is 30.7 Å². The Morgan fingerprint density at radius 2 is 2.07 bits per heavy atom. The molecule has 154 valence electrons. The molecule has 2 rings (SSSR count). The predicted molar refractivity (Wildman–Crippen MR) is 114 cm³/mol. The molecular formula is C19H30N6O2S. The highest BCUT2D eigenvalue weighted by atomic mass is 32.2. The van der Waals surface area contributed by atoms with E-state index >= 15 is 0 Å². The average molecular weight is 407 g/mol. The van der Waals surface area contributed by atoms with E-state index in [0.29, 0.717) is 25.1 Å². The summed E-state index contributed by atoms with van der Waals surface area (Å²) in [4.78, 5) is 30.2. The molecule has 0 saturated carbocycles. The molecule has 0 radical (unpaired) electrons. The third-order valence-corrected chi connectivity index (χ3v) is 5.68. The highest BCUT2D eigenvalue weighted by molar-refractivity contribution is 8.00. The number of guanidine groups is 1. The number of thioether (sulfide) groups is 1. The maximum absolute atomic E-state index is 12.8. The molecule has 1 saturated heterocycles. The number of carbonyl (C=O) groups excluding carboxylic acids is 2. The number of rotatable bonds is 10. The number of anilines is 1. The lowest BCUT2D eigenvalue weighted by Gasteiger charge is -2.25. The molecule has 0 unspecified atom stereocenters. The number of piperidine rings is 1. The number of nitrogens with zero attached hydrogens (tertiary/aromatic N) is 1. The first-order chi connectivity index (χ1) is 13.5. The van der Waals surface area contributed by atoms with Gasteiger partial charge in [-0.15, -0.1) is 11.8 Å². The van der Waals surface area contributed by atoms with Gasteiger partial charge < -0.3 is 27.8 Å². The number of amides is 1. The van der Waals surface area contributed by atoms with Gasteiger partial charge in [0, 0.05) is 17.1 Å². The number of benzene rings is 1. The first-order valence-electron chi connectivity index (χ1n) is 9.56. The fourth-order valence-electron chi connectivity index (χ4n) is 3.03. The number of nitrogens with two attached hydrogens (primary N) is 3. The molecule has 1 aromatic carbocycles. The van der Waals surface area contributed by atoms with Gasteiger partial charge in [-0.05, 0) is 44.4 Å². The number of hydrogen-bond acceptors (Lipinski definition) is 6. The zero-order valence-electron chi connectivity index (χ0n) is 16.0. The van der Waals surface area contributed by atoms with Gasteiger partial charge in [-0.1, -0.05) is 18.6 Å². The normalized spacial score (nSPS) is 17.5. The van der Waals surface area contributed by atoms with Crippen molar-refractivity contribution >= 4 is 35.1 Å². The molecule has 0 bridgehead atoms. The van der Waals surface area contributed by atoms with Gasteiger partial charge in [-0.3, -0.25) is 14.6 Å². The van der Waals surface area contributed by atoms with Crippen LogP contribution in [0.2, 0.25) is 0 Å². The first kappa shape index (κ1) is 22.0. The lowest BCUT2D eigenvalue weighted by molar-refractivity contribution is -0.128. The van der Waals surface area contributed by atoms with Crippen LogP contribution in [-0.2, 0) is 9.59 Å². The highest BCUT2D eigenvalue weighted by Crippen LogP contribution is 2.24. The Morgan fingerprint density at radius 1 is 1.29 bits per heavy atom. The van der Waals surface area contributed by atoms with Crippen LogP contribution in [-0.4, -0.2) is 48.6 Å². The van der Waals surface area contributed by atoms with Crippen molar-refractivity contribution in [3.63, 3.8) is 0 Å². The fourth-order valence-corrected chi connectivity index (χ4v) is 3.94. The Bertz CT molecular complexity index is 687. The van der Waals surface area contributed by atoms with Crippen molar-refractivity contribution in [1.29, 1.82) is 0 Å².